The van der Waals surface area contributed by atoms with Crippen LogP contribution < -0.4 is 26.4 Å². The molecule has 0 bridgehead atoms. The number of carbonyl (C=O) groups is 3. The Morgan fingerprint density at radius 2 is 1.90 bits per heavy atom. The van der Waals surface area contributed by atoms with E-state index in [0.29, 0.717) is 42.4 Å². The maximum Gasteiger partial charge on any atom is 0.255 e. The number of allylic oxidation sites excluding steroid dienone is 1. The Morgan fingerprint density at radius 3 is 2.55 bits per heavy atom. The quantitative estimate of drug-likeness (QED) is 0.146. The van der Waals surface area contributed by atoms with Crippen molar-refractivity contribution >= 4 is 28.9 Å². The van der Waals surface area contributed by atoms with Crippen LogP contribution in [0.4, 0.5) is 5.69 Å². The number of aliphatic hydroxyl groups excluding tert-OH is 3. The van der Waals surface area contributed by atoms with E-state index in [1.807, 2.05) is 6.92 Å². The Hall–Kier alpha value is -3.61. The maximum atomic E-state index is 13.9. The van der Waals surface area contributed by atoms with Crippen LogP contribution in [0.15, 0.2) is 16.9 Å². The van der Waals surface area contributed by atoms with Gasteiger partial charge in [0.25, 0.3) is 5.91 Å². The summed E-state index contributed by atoms with van der Waals surface area (Å²) >= 11 is 0. The third-order valence-corrected chi connectivity index (χ3v) is 9.03. The SMILES string of the molecule is CCN[C@@H]1C(O)=C(C(N)=O)C(=O)C2C(=O)C3=C(O)c4c(O)c5c(c(OC)c4C[C@H]3C[C@H]21)C1NCCC1CN5.CO. The number of ether oxygens (including phenoxy) is 1. The van der Waals surface area contributed by atoms with Crippen molar-refractivity contribution in [2.75, 3.05) is 39.2 Å². The molecule has 3 unspecified atom stereocenters. The van der Waals surface area contributed by atoms with Crippen LogP contribution in [0.1, 0.15) is 42.5 Å². The summed E-state index contributed by atoms with van der Waals surface area (Å²) in [6.07, 6.45) is 1.57. The Balaban J connectivity index is 0.00000158. The number of ketones is 2. The van der Waals surface area contributed by atoms with E-state index < -0.39 is 52.6 Å². The van der Waals surface area contributed by atoms with Crippen LogP contribution in [0.2, 0.25) is 0 Å². The number of nitrogens with one attached hydrogen (secondary N) is 3. The molecule has 1 aromatic rings. The molecule has 12 heteroatoms. The van der Waals surface area contributed by atoms with E-state index in [0.717, 1.165) is 25.6 Å². The Labute approximate surface area is 231 Å². The van der Waals surface area contributed by atoms with Crippen molar-refractivity contribution in [1.82, 2.24) is 10.6 Å². The second kappa shape index (κ2) is 10.4. The molecule has 6 rings (SSSR count). The highest BCUT2D eigenvalue weighted by Gasteiger charge is 2.55. The summed E-state index contributed by atoms with van der Waals surface area (Å²) in [4.78, 5) is 39.3. The van der Waals surface area contributed by atoms with Crippen LogP contribution in [0, 0.1) is 23.7 Å². The van der Waals surface area contributed by atoms with Crippen LogP contribution >= 0.6 is 0 Å². The first kappa shape index (κ1) is 27.9. The highest BCUT2D eigenvalue weighted by Crippen LogP contribution is 2.56. The number of hydrogen-bond donors (Lipinski definition) is 8. The van der Waals surface area contributed by atoms with Crippen molar-refractivity contribution in [2.45, 2.75) is 38.3 Å². The molecule has 5 aliphatic rings. The van der Waals surface area contributed by atoms with Crippen LogP contribution in [0.3, 0.4) is 0 Å². The van der Waals surface area contributed by atoms with E-state index >= 15 is 0 Å². The van der Waals surface area contributed by atoms with Gasteiger partial charge in [-0.3, -0.25) is 14.4 Å². The van der Waals surface area contributed by atoms with E-state index in [1.165, 1.54) is 0 Å². The molecule has 2 heterocycles. The number of amides is 1. The number of Topliss-reactive ketones (excluding diaryl/α,β-unsaturated/α-hetero) is 2. The van der Waals surface area contributed by atoms with Gasteiger partial charge in [0.15, 0.2) is 17.3 Å². The number of phenols is 1. The number of aliphatic hydroxyl groups is 3. The van der Waals surface area contributed by atoms with Gasteiger partial charge in [0.1, 0.15) is 22.8 Å². The first-order valence-electron chi connectivity index (χ1n) is 13.6. The second-order valence-corrected chi connectivity index (χ2v) is 10.8. The Bertz CT molecular complexity index is 1350. The minimum absolute atomic E-state index is 0.00862. The minimum Gasteiger partial charge on any atom is -0.510 e. The number of primary amides is 1. The zero-order valence-corrected chi connectivity index (χ0v) is 22.7. The molecule has 9 N–H and O–H groups in total. The fraction of sp³-hybridized carbons (Fsp3) is 0.536. The van der Waals surface area contributed by atoms with E-state index in [2.05, 4.69) is 16.0 Å². The van der Waals surface area contributed by atoms with Crippen molar-refractivity contribution in [1.29, 1.82) is 0 Å². The minimum atomic E-state index is -1.28. The standard InChI is InChI=1S/C27H32N4O7.CH4O/c1-3-29-19-11-6-10-7-12-15(22(33)13(10)21(32)14(11)23(34)17(25(19)36)27(28)37)24(35)20-16(26(12)38-2)18-9(8-31-20)4-5-30-18;1-2/h9-11,14,18-19,29-31,33,35-36H,3-8H2,1-2H3,(H2,28,37);2H,1H3/t9?,10-,11-,14?,18?,19+;/m1./s1. The predicted octanol–water partition coefficient (Wildman–Crippen LogP) is 0.590. The lowest BCUT2D eigenvalue weighted by molar-refractivity contribution is -0.135. The van der Waals surface area contributed by atoms with Gasteiger partial charge in [-0.2, -0.15) is 0 Å². The molecular weight excluding hydrogens is 520 g/mol. The molecule has 40 heavy (non-hydrogen) atoms. The molecule has 1 amide bonds. The highest BCUT2D eigenvalue weighted by atomic mass is 16.5. The number of benzene rings is 1. The summed E-state index contributed by atoms with van der Waals surface area (Å²) in [6, 6.07) is -0.823. The lowest BCUT2D eigenvalue weighted by atomic mass is 9.59. The molecule has 2 aliphatic heterocycles. The monoisotopic (exact) mass is 556 g/mol. The van der Waals surface area contributed by atoms with E-state index in [9.17, 15) is 29.7 Å². The van der Waals surface area contributed by atoms with Gasteiger partial charge in [0.05, 0.1) is 30.3 Å². The van der Waals surface area contributed by atoms with Gasteiger partial charge in [-0.05, 0) is 50.1 Å². The number of phenolic OH excluding ortho intramolecular Hbond substituents is 1. The average Bonchev–Trinajstić information content (AvgIpc) is 3.41. The van der Waals surface area contributed by atoms with Crippen molar-refractivity contribution < 1.29 is 39.5 Å². The fourth-order valence-electron chi connectivity index (χ4n) is 7.51. The van der Waals surface area contributed by atoms with Crippen molar-refractivity contribution in [3.8, 4) is 11.5 Å². The summed E-state index contributed by atoms with van der Waals surface area (Å²) in [6.45, 7) is 3.73. The number of fused-ring (bicyclic) bond motifs is 6. The molecule has 1 saturated heterocycles. The molecule has 1 saturated carbocycles. The number of likely N-dealkylation sites (N-methyl/N-ethyl adjacent to an activating group) is 1. The molecule has 216 valence electrons. The predicted molar refractivity (Wildman–Crippen MR) is 145 cm³/mol. The summed E-state index contributed by atoms with van der Waals surface area (Å²) in [5.41, 5.74) is 6.90. The van der Waals surface area contributed by atoms with E-state index in [1.54, 1.807) is 7.11 Å². The van der Waals surface area contributed by atoms with Gasteiger partial charge < -0.3 is 46.8 Å². The molecule has 6 atom stereocenters. The van der Waals surface area contributed by atoms with Gasteiger partial charge in [-0.25, -0.2) is 0 Å². The normalized spacial score (nSPS) is 30.2. The van der Waals surface area contributed by atoms with Crippen molar-refractivity contribution in [2.24, 2.45) is 29.4 Å². The average molecular weight is 557 g/mol. The summed E-state index contributed by atoms with van der Waals surface area (Å²) in [5.74, 6) is -5.05. The number of aromatic hydroxyl groups is 1. The van der Waals surface area contributed by atoms with Gasteiger partial charge in [-0.15, -0.1) is 0 Å². The lowest BCUT2D eigenvalue weighted by Gasteiger charge is -2.45. The van der Waals surface area contributed by atoms with Crippen LogP contribution in [-0.2, 0) is 20.8 Å². The van der Waals surface area contributed by atoms with Gasteiger partial charge in [-0.1, -0.05) is 6.92 Å². The number of anilines is 1. The molecular formula is C28H36N4O8. The summed E-state index contributed by atoms with van der Waals surface area (Å²) in [7, 11) is 2.55. The Morgan fingerprint density at radius 1 is 1.18 bits per heavy atom. The topological polar surface area (TPSA) is 203 Å². The first-order chi connectivity index (χ1) is 19.2. The molecule has 3 aliphatic carbocycles. The van der Waals surface area contributed by atoms with Crippen LogP contribution in [0.5, 0.6) is 11.5 Å². The zero-order chi connectivity index (χ0) is 29.0. The molecule has 0 spiro atoms. The number of hydrogen-bond acceptors (Lipinski definition) is 11. The number of methoxy groups -OCH3 is 1. The fourth-order valence-corrected chi connectivity index (χ4v) is 7.51. The first-order valence-corrected chi connectivity index (χ1v) is 13.6. The molecule has 1 aromatic carbocycles. The third kappa shape index (κ3) is 3.80. The van der Waals surface area contributed by atoms with E-state index in [4.69, 9.17) is 15.6 Å². The van der Waals surface area contributed by atoms with E-state index in [-0.39, 0.29) is 35.1 Å². The van der Waals surface area contributed by atoms with Gasteiger partial charge in [0.2, 0.25) is 0 Å². The summed E-state index contributed by atoms with van der Waals surface area (Å²) < 4.78 is 5.89. The number of rotatable bonds is 4. The second-order valence-electron chi connectivity index (χ2n) is 10.8. The summed E-state index contributed by atoms with van der Waals surface area (Å²) in [5, 5.41) is 50.6. The third-order valence-electron chi connectivity index (χ3n) is 9.03. The molecule has 0 aromatic heterocycles. The largest absolute Gasteiger partial charge is 0.510 e. The maximum absolute atomic E-state index is 13.9. The van der Waals surface area contributed by atoms with Gasteiger partial charge >= 0.3 is 0 Å². The Kier molecular flexibility index (Phi) is 7.28. The molecule has 12 nitrogen and oxygen atoms in total. The number of carbonyl (C=O) groups excluding carboxylic acids is 3. The highest BCUT2D eigenvalue weighted by molar-refractivity contribution is 6.28. The van der Waals surface area contributed by atoms with Crippen LogP contribution in [-0.4, -0.2) is 77.8 Å². The number of nitrogens with two attached hydrogens (primary N) is 1. The van der Waals surface area contributed by atoms with Crippen molar-refractivity contribution in [3.63, 3.8) is 0 Å². The molecule has 2 fully saturated rings. The van der Waals surface area contributed by atoms with Crippen molar-refractivity contribution in [3.05, 3.63) is 33.6 Å². The zero-order valence-electron chi connectivity index (χ0n) is 22.7. The van der Waals surface area contributed by atoms with Gasteiger partial charge in [0, 0.05) is 36.4 Å². The van der Waals surface area contributed by atoms with Crippen LogP contribution in [0.25, 0.3) is 5.76 Å². The lowest BCUT2D eigenvalue weighted by Crippen LogP contribution is -2.56. The smallest absolute Gasteiger partial charge is 0.255 e. The molecule has 0 radical (unpaired) electrons.